The van der Waals surface area contributed by atoms with E-state index in [1.807, 2.05) is 18.2 Å². The van der Waals surface area contributed by atoms with Crippen LogP contribution in [0, 0.1) is 0 Å². The Morgan fingerprint density at radius 2 is 1.80 bits per heavy atom. The van der Waals surface area contributed by atoms with Gasteiger partial charge in [-0.3, -0.25) is 0 Å². The summed E-state index contributed by atoms with van der Waals surface area (Å²) < 4.78 is 0. The average molecular weight is 211 g/mol. The molecule has 0 saturated carbocycles. The number of hydrogen-bond acceptors (Lipinski definition) is 1. The van der Waals surface area contributed by atoms with Gasteiger partial charge in [-0.15, -0.1) is 0 Å². The van der Waals surface area contributed by atoms with Crippen molar-refractivity contribution in [3.8, 4) is 0 Å². The van der Waals surface area contributed by atoms with Crippen LogP contribution in [0.25, 0.3) is 0 Å². The van der Waals surface area contributed by atoms with Gasteiger partial charge in [-0.05, 0) is 18.5 Å². The van der Waals surface area contributed by atoms with E-state index in [-0.39, 0.29) is 48.3 Å². The topological polar surface area (TPSA) is 26.0 Å². The Kier molecular flexibility index (Phi) is 6.80. The van der Waals surface area contributed by atoms with E-state index in [1.54, 1.807) is 0 Å². The zero-order chi connectivity index (χ0) is 6.53. The fraction of sp³-hybridized carbons (Fsp3) is 0.250. The summed E-state index contributed by atoms with van der Waals surface area (Å²) >= 11 is 0. The fourth-order valence-corrected chi connectivity index (χ4v) is 0.811. The first-order valence-electron chi connectivity index (χ1n) is 3.17. The van der Waals surface area contributed by atoms with Crippen LogP contribution in [0.5, 0.6) is 0 Å². The largest absolute Gasteiger partial charge is 2.00 e. The van der Waals surface area contributed by atoms with Crippen LogP contribution in [0.1, 0.15) is 8.42 Å². The van der Waals surface area contributed by atoms with E-state index >= 15 is 0 Å². The molecular weight excluding hydrogens is 198 g/mol. The van der Waals surface area contributed by atoms with Gasteiger partial charge in [0, 0.05) is 0 Å². The van der Waals surface area contributed by atoms with Crippen LogP contribution < -0.4 is 5.73 Å². The molecule has 0 aliphatic carbocycles. The molecule has 2 heteroatoms. The minimum absolute atomic E-state index is 0. The van der Waals surface area contributed by atoms with Crippen LogP contribution in [0.3, 0.4) is 0 Å². The van der Waals surface area contributed by atoms with Crippen molar-refractivity contribution in [1.29, 1.82) is 0 Å². The van der Waals surface area contributed by atoms with Gasteiger partial charge in [0.05, 0.1) is 0 Å². The van der Waals surface area contributed by atoms with Crippen LogP contribution in [0.15, 0.2) is 30.3 Å². The minimum Gasteiger partial charge on any atom is -1.00 e. The SMILES string of the molecule is NCCc1ccccc1.[H-].[H-].[Sr+2]. The summed E-state index contributed by atoms with van der Waals surface area (Å²) in [6, 6.07) is 10.3. The molecule has 0 spiro atoms. The zero-order valence-corrected chi connectivity index (χ0v) is 9.56. The maximum atomic E-state index is 5.36. The van der Waals surface area contributed by atoms with Gasteiger partial charge in [0.25, 0.3) is 0 Å². The molecule has 1 aromatic carbocycles. The average Bonchev–Trinajstić information content (AvgIpc) is 1.91. The normalized spacial score (nSPS) is 8.50. The summed E-state index contributed by atoms with van der Waals surface area (Å²) in [7, 11) is 0. The molecule has 0 saturated heterocycles. The summed E-state index contributed by atoms with van der Waals surface area (Å²) in [6.45, 7) is 0.740. The summed E-state index contributed by atoms with van der Waals surface area (Å²) in [5, 5.41) is 0. The van der Waals surface area contributed by atoms with E-state index in [1.165, 1.54) is 5.56 Å². The third-order valence-corrected chi connectivity index (χ3v) is 1.28. The first-order valence-corrected chi connectivity index (χ1v) is 3.17. The second-order valence-corrected chi connectivity index (χ2v) is 2.02. The molecule has 0 amide bonds. The molecule has 1 nitrogen and oxygen atoms in total. The predicted octanol–water partition coefficient (Wildman–Crippen LogP) is 1.03. The van der Waals surface area contributed by atoms with Crippen molar-refractivity contribution >= 4 is 45.5 Å². The van der Waals surface area contributed by atoms with Crippen molar-refractivity contribution < 1.29 is 2.85 Å². The molecule has 0 aliphatic rings. The second-order valence-electron chi connectivity index (χ2n) is 2.02. The Hall–Kier alpha value is 0.661. The van der Waals surface area contributed by atoms with Crippen LogP contribution in [-0.4, -0.2) is 52.0 Å². The van der Waals surface area contributed by atoms with E-state index in [0.29, 0.717) is 0 Å². The Bertz CT molecular complexity index is 170. The molecular formula is C8H13NSr. The summed E-state index contributed by atoms with van der Waals surface area (Å²) in [4.78, 5) is 0. The minimum atomic E-state index is 0. The quantitative estimate of drug-likeness (QED) is 0.726. The molecule has 0 aromatic heterocycles. The molecule has 10 heavy (non-hydrogen) atoms. The van der Waals surface area contributed by atoms with Gasteiger partial charge in [-0.2, -0.15) is 0 Å². The molecule has 2 N–H and O–H groups in total. The third-order valence-electron chi connectivity index (χ3n) is 1.28. The van der Waals surface area contributed by atoms with Gasteiger partial charge < -0.3 is 8.59 Å². The molecule has 0 bridgehead atoms. The summed E-state index contributed by atoms with van der Waals surface area (Å²) in [5.41, 5.74) is 6.68. The molecule has 52 valence electrons. The van der Waals surface area contributed by atoms with Gasteiger partial charge in [-0.1, -0.05) is 30.3 Å². The maximum absolute atomic E-state index is 5.36. The molecule has 0 aliphatic heterocycles. The molecule has 1 rings (SSSR count). The fourth-order valence-electron chi connectivity index (χ4n) is 0.811. The van der Waals surface area contributed by atoms with E-state index in [4.69, 9.17) is 5.73 Å². The Balaban J connectivity index is -0.000000270. The monoisotopic (exact) mass is 211 g/mol. The Morgan fingerprint density at radius 3 is 2.30 bits per heavy atom. The summed E-state index contributed by atoms with van der Waals surface area (Å²) in [5.74, 6) is 0. The van der Waals surface area contributed by atoms with Crippen LogP contribution >= 0.6 is 0 Å². The summed E-state index contributed by atoms with van der Waals surface area (Å²) in [6.07, 6.45) is 0.987. The van der Waals surface area contributed by atoms with E-state index < -0.39 is 0 Å². The first kappa shape index (κ1) is 10.7. The molecule has 0 atom stereocenters. The molecule has 0 fully saturated rings. The van der Waals surface area contributed by atoms with Crippen LogP contribution in [0.4, 0.5) is 0 Å². The van der Waals surface area contributed by atoms with Gasteiger partial charge in [0.1, 0.15) is 0 Å². The van der Waals surface area contributed by atoms with E-state index in [9.17, 15) is 0 Å². The molecule has 0 heterocycles. The van der Waals surface area contributed by atoms with Crippen molar-refractivity contribution in [1.82, 2.24) is 0 Å². The zero-order valence-electron chi connectivity index (χ0n) is 8.09. The number of benzene rings is 1. The van der Waals surface area contributed by atoms with Crippen molar-refractivity contribution in [2.24, 2.45) is 5.73 Å². The smallest absolute Gasteiger partial charge is 1.00 e. The van der Waals surface area contributed by atoms with Gasteiger partial charge >= 0.3 is 45.5 Å². The molecule has 1 aromatic rings. The van der Waals surface area contributed by atoms with Crippen molar-refractivity contribution in [3.63, 3.8) is 0 Å². The Morgan fingerprint density at radius 1 is 1.20 bits per heavy atom. The maximum Gasteiger partial charge on any atom is 2.00 e. The number of hydrogen-bond donors (Lipinski definition) is 1. The van der Waals surface area contributed by atoms with Crippen LogP contribution in [0.2, 0.25) is 0 Å². The number of nitrogens with two attached hydrogens (primary N) is 1. The number of rotatable bonds is 2. The van der Waals surface area contributed by atoms with Gasteiger partial charge in [-0.25, -0.2) is 0 Å². The van der Waals surface area contributed by atoms with Crippen LogP contribution in [-0.2, 0) is 6.42 Å². The van der Waals surface area contributed by atoms with Crippen molar-refractivity contribution in [3.05, 3.63) is 35.9 Å². The van der Waals surface area contributed by atoms with E-state index in [0.717, 1.165) is 13.0 Å². The van der Waals surface area contributed by atoms with Gasteiger partial charge in [0.2, 0.25) is 0 Å². The third kappa shape index (κ3) is 3.74. The standard InChI is InChI=1S/C8H11N.Sr.2H/c9-7-6-8-4-2-1-3-5-8;;;/h1-5H,6-7,9H2;;;/q;+2;2*-1. The first-order chi connectivity index (χ1) is 4.43. The molecule has 0 radical (unpaired) electrons. The Labute approximate surface area is 102 Å². The van der Waals surface area contributed by atoms with Crippen molar-refractivity contribution in [2.45, 2.75) is 6.42 Å². The predicted molar refractivity (Wildman–Crippen MR) is 47.2 cm³/mol. The molecule has 0 unspecified atom stereocenters. The van der Waals surface area contributed by atoms with Crippen molar-refractivity contribution in [2.75, 3.05) is 6.54 Å². The second kappa shape index (κ2) is 6.38. The van der Waals surface area contributed by atoms with E-state index in [2.05, 4.69) is 12.1 Å². The van der Waals surface area contributed by atoms with Gasteiger partial charge in [0.15, 0.2) is 0 Å².